The fourth-order valence-electron chi connectivity index (χ4n) is 2.47. The Labute approximate surface area is 150 Å². The second kappa shape index (κ2) is 8.04. The van der Waals surface area contributed by atoms with Crippen LogP contribution in [-0.4, -0.2) is 15.7 Å². The van der Waals surface area contributed by atoms with E-state index in [2.05, 4.69) is 10.5 Å². The summed E-state index contributed by atoms with van der Waals surface area (Å²) in [4.78, 5) is 10.3. The number of rotatable bonds is 6. The number of hydrogen-bond donors (Lipinski definition) is 2. The normalized spacial score (nSPS) is 12.4. The molecule has 3 aromatic carbocycles. The molecule has 0 radical (unpaired) electrons. The third-order valence-electron chi connectivity index (χ3n) is 3.83. The topological polar surface area (TPSA) is 87.8 Å². The molecule has 0 unspecified atom stereocenters. The first-order chi connectivity index (χ1) is 12.6. The molecule has 0 aliphatic rings. The van der Waals surface area contributed by atoms with Crippen molar-refractivity contribution in [2.45, 2.75) is 6.10 Å². The van der Waals surface area contributed by atoms with Gasteiger partial charge in [-0.05, 0) is 17.7 Å². The number of nitrogens with zero attached hydrogens (tertiary/aromatic N) is 2. The fourth-order valence-corrected chi connectivity index (χ4v) is 2.47. The SMILES string of the molecule is O=[N+]([O-])c1ccc(NN=C(c2ccccc2)[C@@H](O)c2ccccc2)cc1. The van der Waals surface area contributed by atoms with Crippen LogP contribution in [-0.2, 0) is 0 Å². The molecule has 0 amide bonds. The molecule has 130 valence electrons. The van der Waals surface area contributed by atoms with E-state index in [9.17, 15) is 15.2 Å². The van der Waals surface area contributed by atoms with Gasteiger partial charge in [0.1, 0.15) is 11.8 Å². The fraction of sp³-hybridized carbons (Fsp3) is 0.0500. The van der Waals surface area contributed by atoms with Gasteiger partial charge in [0.15, 0.2) is 0 Å². The van der Waals surface area contributed by atoms with Crippen molar-refractivity contribution in [3.63, 3.8) is 0 Å². The van der Waals surface area contributed by atoms with Gasteiger partial charge < -0.3 is 5.11 Å². The molecule has 0 aliphatic heterocycles. The van der Waals surface area contributed by atoms with E-state index in [0.717, 1.165) is 11.1 Å². The number of nitrogens with one attached hydrogen (secondary N) is 1. The van der Waals surface area contributed by atoms with Crippen molar-refractivity contribution in [1.29, 1.82) is 0 Å². The summed E-state index contributed by atoms with van der Waals surface area (Å²) in [7, 11) is 0. The zero-order valence-corrected chi connectivity index (χ0v) is 13.8. The Kier molecular flexibility index (Phi) is 5.36. The Morgan fingerprint density at radius 2 is 1.50 bits per heavy atom. The van der Waals surface area contributed by atoms with Gasteiger partial charge in [0.2, 0.25) is 0 Å². The third kappa shape index (κ3) is 4.12. The van der Waals surface area contributed by atoms with Gasteiger partial charge in [-0.15, -0.1) is 0 Å². The summed E-state index contributed by atoms with van der Waals surface area (Å²) in [5.41, 5.74) is 5.41. The summed E-state index contributed by atoms with van der Waals surface area (Å²) < 4.78 is 0. The van der Waals surface area contributed by atoms with Crippen LogP contribution in [0, 0.1) is 10.1 Å². The average molecular weight is 347 g/mol. The van der Waals surface area contributed by atoms with Gasteiger partial charge in [-0.3, -0.25) is 15.5 Å². The highest BCUT2D eigenvalue weighted by Crippen LogP contribution is 2.21. The quantitative estimate of drug-likeness (QED) is 0.398. The molecule has 6 nitrogen and oxygen atoms in total. The van der Waals surface area contributed by atoms with Crippen molar-refractivity contribution in [3.8, 4) is 0 Å². The molecule has 0 aliphatic carbocycles. The van der Waals surface area contributed by atoms with Crippen LogP contribution >= 0.6 is 0 Å². The molecule has 0 fully saturated rings. The van der Waals surface area contributed by atoms with Crippen LogP contribution in [0.2, 0.25) is 0 Å². The molecule has 0 aromatic heterocycles. The lowest BCUT2D eigenvalue weighted by Gasteiger charge is -2.15. The number of hydrazone groups is 1. The molecule has 0 heterocycles. The maximum atomic E-state index is 10.8. The van der Waals surface area contributed by atoms with Crippen molar-refractivity contribution < 1.29 is 10.0 Å². The van der Waals surface area contributed by atoms with E-state index >= 15 is 0 Å². The second-order valence-electron chi connectivity index (χ2n) is 5.59. The molecule has 3 aromatic rings. The first kappa shape index (κ1) is 17.3. The molecule has 0 spiro atoms. The van der Waals surface area contributed by atoms with E-state index in [1.165, 1.54) is 12.1 Å². The highest BCUT2D eigenvalue weighted by molar-refractivity contribution is 6.04. The Morgan fingerprint density at radius 1 is 0.923 bits per heavy atom. The zero-order valence-electron chi connectivity index (χ0n) is 13.8. The lowest BCUT2D eigenvalue weighted by molar-refractivity contribution is -0.384. The van der Waals surface area contributed by atoms with E-state index in [4.69, 9.17) is 0 Å². The zero-order chi connectivity index (χ0) is 18.4. The maximum Gasteiger partial charge on any atom is 0.269 e. The number of aliphatic hydroxyl groups excluding tert-OH is 1. The van der Waals surface area contributed by atoms with Gasteiger partial charge in [0.05, 0.1) is 10.6 Å². The van der Waals surface area contributed by atoms with Crippen LogP contribution in [0.5, 0.6) is 0 Å². The predicted octanol–water partition coefficient (Wildman–Crippen LogP) is 4.14. The number of aliphatic hydroxyl groups is 1. The first-order valence-corrected chi connectivity index (χ1v) is 8.01. The van der Waals surface area contributed by atoms with Crippen molar-refractivity contribution in [3.05, 3.63) is 106 Å². The highest BCUT2D eigenvalue weighted by atomic mass is 16.6. The molecular formula is C20H17N3O3. The van der Waals surface area contributed by atoms with E-state index in [0.29, 0.717) is 11.4 Å². The van der Waals surface area contributed by atoms with Crippen molar-refractivity contribution >= 4 is 17.1 Å². The Bertz CT molecular complexity index is 895. The molecule has 6 heteroatoms. The van der Waals surface area contributed by atoms with Crippen LogP contribution in [0.25, 0.3) is 0 Å². The summed E-state index contributed by atoms with van der Waals surface area (Å²) in [5.74, 6) is 0. The lowest BCUT2D eigenvalue weighted by atomic mass is 9.99. The minimum absolute atomic E-state index is 0.00660. The van der Waals surface area contributed by atoms with Gasteiger partial charge in [-0.1, -0.05) is 60.7 Å². The van der Waals surface area contributed by atoms with Crippen molar-refractivity contribution in [2.75, 3.05) is 5.43 Å². The van der Waals surface area contributed by atoms with Crippen molar-refractivity contribution in [2.24, 2.45) is 5.10 Å². The van der Waals surface area contributed by atoms with Crippen LogP contribution in [0.15, 0.2) is 90.0 Å². The van der Waals surface area contributed by atoms with Gasteiger partial charge in [-0.25, -0.2) is 0 Å². The van der Waals surface area contributed by atoms with Crippen LogP contribution in [0.4, 0.5) is 11.4 Å². The molecular weight excluding hydrogens is 330 g/mol. The number of non-ortho nitro benzene ring substituents is 1. The number of benzene rings is 3. The average Bonchev–Trinajstić information content (AvgIpc) is 2.70. The Balaban J connectivity index is 1.90. The minimum atomic E-state index is -0.913. The van der Waals surface area contributed by atoms with E-state index in [1.807, 2.05) is 60.7 Å². The summed E-state index contributed by atoms with van der Waals surface area (Å²) in [6.07, 6.45) is -0.913. The van der Waals surface area contributed by atoms with Crippen LogP contribution in [0.3, 0.4) is 0 Å². The number of anilines is 1. The number of nitro groups is 1. The number of nitro benzene ring substituents is 1. The van der Waals surface area contributed by atoms with Crippen molar-refractivity contribution in [1.82, 2.24) is 0 Å². The van der Waals surface area contributed by atoms with Gasteiger partial charge in [0, 0.05) is 17.7 Å². The van der Waals surface area contributed by atoms with Crippen LogP contribution < -0.4 is 5.43 Å². The first-order valence-electron chi connectivity index (χ1n) is 8.01. The van der Waals surface area contributed by atoms with Gasteiger partial charge in [0.25, 0.3) is 5.69 Å². The van der Waals surface area contributed by atoms with Gasteiger partial charge in [-0.2, -0.15) is 5.10 Å². The molecule has 3 rings (SSSR count). The summed E-state index contributed by atoms with van der Waals surface area (Å²) in [6, 6.07) is 24.5. The van der Waals surface area contributed by atoms with Gasteiger partial charge >= 0.3 is 0 Å². The van der Waals surface area contributed by atoms with E-state index in [-0.39, 0.29) is 5.69 Å². The summed E-state index contributed by atoms with van der Waals surface area (Å²) in [6.45, 7) is 0. The summed E-state index contributed by atoms with van der Waals surface area (Å²) >= 11 is 0. The second-order valence-corrected chi connectivity index (χ2v) is 5.59. The number of hydrogen-bond acceptors (Lipinski definition) is 5. The smallest absolute Gasteiger partial charge is 0.269 e. The third-order valence-corrected chi connectivity index (χ3v) is 3.83. The monoisotopic (exact) mass is 347 g/mol. The Morgan fingerprint density at radius 3 is 2.08 bits per heavy atom. The highest BCUT2D eigenvalue weighted by Gasteiger charge is 2.17. The Hall–Kier alpha value is -3.51. The molecule has 0 saturated carbocycles. The van der Waals surface area contributed by atoms with E-state index < -0.39 is 11.0 Å². The maximum absolute atomic E-state index is 10.8. The summed E-state index contributed by atoms with van der Waals surface area (Å²) in [5, 5.41) is 25.9. The van der Waals surface area contributed by atoms with Crippen LogP contribution in [0.1, 0.15) is 17.2 Å². The predicted molar refractivity (Wildman–Crippen MR) is 101 cm³/mol. The molecule has 0 saturated heterocycles. The molecule has 0 bridgehead atoms. The molecule has 1 atom stereocenters. The minimum Gasteiger partial charge on any atom is -0.382 e. The molecule has 26 heavy (non-hydrogen) atoms. The van der Waals surface area contributed by atoms with E-state index in [1.54, 1.807) is 12.1 Å². The molecule has 2 N–H and O–H groups in total. The lowest BCUT2D eigenvalue weighted by Crippen LogP contribution is -2.15. The standard InChI is InChI=1S/C20H17N3O3/c24-20(16-9-5-2-6-10-16)19(15-7-3-1-4-8-15)22-21-17-11-13-18(14-12-17)23(25)26/h1-14,20-21,24H/t20-/m0/s1. The largest absolute Gasteiger partial charge is 0.382 e.